The van der Waals surface area contributed by atoms with E-state index in [0.29, 0.717) is 48.4 Å². The molecule has 6 heteroatoms. The first-order valence-corrected chi connectivity index (χ1v) is 11.1. The Morgan fingerprint density at radius 2 is 1.23 bits per heavy atom. The SMILES string of the molecule is CC12CCC(COC(=O)c3ccc(C(=O)OCC4CCC5(C)OC5C4)cc3)CC1O2. The van der Waals surface area contributed by atoms with Crippen LogP contribution in [0.3, 0.4) is 0 Å². The lowest BCUT2D eigenvalue weighted by Gasteiger charge is -2.22. The molecule has 2 aliphatic carbocycles. The van der Waals surface area contributed by atoms with Crippen LogP contribution in [-0.2, 0) is 18.9 Å². The summed E-state index contributed by atoms with van der Waals surface area (Å²) in [6, 6.07) is 6.52. The van der Waals surface area contributed by atoms with E-state index >= 15 is 0 Å². The molecular weight excluding hydrogens is 384 g/mol. The monoisotopic (exact) mass is 414 g/mol. The molecule has 5 rings (SSSR count). The molecule has 30 heavy (non-hydrogen) atoms. The second-order valence-corrected chi connectivity index (χ2v) is 9.89. The number of ether oxygens (including phenoxy) is 4. The zero-order chi connectivity index (χ0) is 20.9. The highest BCUT2D eigenvalue weighted by Gasteiger charge is 2.56. The van der Waals surface area contributed by atoms with Gasteiger partial charge in [0.2, 0.25) is 0 Å². The summed E-state index contributed by atoms with van der Waals surface area (Å²) in [4.78, 5) is 24.7. The second kappa shape index (κ2) is 7.34. The van der Waals surface area contributed by atoms with Gasteiger partial charge in [-0.25, -0.2) is 9.59 Å². The van der Waals surface area contributed by atoms with Gasteiger partial charge in [0.05, 0.1) is 47.8 Å². The molecule has 2 saturated carbocycles. The molecule has 1 aromatic rings. The molecule has 2 heterocycles. The number of hydrogen-bond acceptors (Lipinski definition) is 6. The number of epoxide rings is 2. The molecular formula is C24H30O6. The van der Waals surface area contributed by atoms with Gasteiger partial charge >= 0.3 is 11.9 Å². The van der Waals surface area contributed by atoms with Gasteiger partial charge in [-0.05, 0) is 88.5 Å². The molecule has 2 aliphatic heterocycles. The van der Waals surface area contributed by atoms with E-state index in [4.69, 9.17) is 18.9 Å². The van der Waals surface area contributed by atoms with E-state index in [1.165, 1.54) is 0 Å². The predicted octanol–water partition coefficient (Wildman–Crippen LogP) is 3.92. The number of fused-ring (bicyclic) bond motifs is 2. The van der Waals surface area contributed by atoms with Crippen LogP contribution in [-0.4, -0.2) is 48.6 Å². The molecule has 0 bridgehead atoms. The Morgan fingerprint density at radius 3 is 1.60 bits per heavy atom. The quantitative estimate of drug-likeness (QED) is 0.519. The van der Waals surface area contributed by atoms with E-state index in [0.717, 1.165) is 38.5 Å². The first-order valence-electron chi connectivity index (χ1n) is 11.1. The van der Waals surface area contributed by atoms with Crippen LogP contribution in [0.4, 0.5) is 0 Å². The van der Waals surface area contributed by atoms with Gasteiger partial charge in [-0.1, -0.05) is 0 Å². The average molecular weight is 414 g/mol. The van der Waals surface area contributed by atoms with Crippen LogP contribution in [0.15, 0.2) is 24.3 Å². The van der Waals surface area contributed by atoms with Gasteiger partial charge < -0.3 is 18.9 Å². The van der Waals surface area contributed by atoms with Crippen LogP contribution in [0.2, 0.25) is 0 Å². The summed E-state index contributed by atoms with van der Waals surface area (Å²) >= 11 is 0. The van der Waals surface area contributed by atoms with E-state index < -0.39 is 0 Å². The Labute approximate surface area is 177 Å². The van der Waals surface area contributed by atoms with Crippen molar-refractivity contribution in [3.8, 4) is 0 Å². The summed E-state index contributed by atoms with van der Waals surface area (Å²) in [7, 11) is 0. The summed E-state index contributed by atoms with van der Waals surface area (Å²) in [6.07, 6.45) is 6.69. The van der Waals surface area contributed by atoms with Crippen molar-refractivity contribution >= 4 is 11.9 Å². The molecule has 6 nitrogen and oxygen atoms in total. The zero-order valence-electron chi connectivity index (χ0n) is 17.7. The van der Waals surface area contributed by atoms with Gasteiger partial charge in [0.25, 0.3) is 0 Å². The third-order valence-corrected chi connectivity index (χ3v) is 7.52. The van der Waals surface area contributed by atoms with Crippen LogP contribution in [0.1, 0.15) is 73.1 Å². The average Bonchev–Trinajstić information content (AvgIpc) is 3.62. The van der Waals surface area contributed by atoms with Gasteiger partial charge in [0, 0.05) is 0 Å². The van der Waals surface area contributed by atoms with Crippen molar-refractivity contribution in [2.75, 3.05) is 13.2 Å². The molecule has 2 saturated heterocycles. The third kappa shape index (κ3) is 4.00. The fourth-order valence-corrected chi connectivity index (χ4v) is 5.04. The molecule has 4 fully saturated rings. The van der Waals surface area contributed by atoms with E-state index in [2.05, 4.69) is 13.8 Å². The fourth-order valence-electron chi connectivity index (χ4n) is 5.04. The largest absolute Gasteiger partial charge is 0.462 e. The first-order chi connectivity index (χ1) is 14.3. The molecule has 0 N–H and O–H groups in total. The topological polar surface area (TPSA) is 77.7 Å². The molecule has 6 unspecified atom stereocenters. The van der Waals surface area contributed by atoms with E-state index in [1.54, 1.807) is 24.3 Å². The Hall–Kier alpha value is -1.92. The molecule has 0 radical (unpaired) electrons. The van der Waals surface area contributed by atoms with Crippen LogP contribution in [0, 0.1) is 11.8 Å². The molecule has 1 aromatic carbocycles. The maximum atomic E-state index is 12.3. The lowest BCUT2D eigenvalue weighted by molar-refractivity contribution is 0.0398. The van der Waals surface area contributed by atoms with Crippen LogP contribution < -0.4 is 0 Å². The zero-order valence-corrected chi connectivity index (χ0v) is 17.7. The molecule has 4 aliphatic rings. The van der Waals surface area contributed by atoms with Gasteiger partial charge in [-0.2, -0.15) is 0 Å². The van der Waals surface area contributed by atoms with Crippen molar-refractivity contribution in [2.24, 2.45) is 11.8 Å². The highest BCUT2D eigenvalue weighted by Crippen LogP contribution is 2.50. The van der Waals surface area contributed by atoms with E-state index in [1.807, 2.05) is 0 Å². The molecule has 162 valence electrons. The van der Waals surface area contributed by atoms with Crippen LogP contribution >= 0.6 is 0 Å². The maximum Gasteiger partial charge on any atom is 0.338 e. The summed E-state index contributed by atoms with van der Waals surface area (Å²) in [6.45, 7) is 5.14. The van der Waals surface area contributed by atoms with Gasteiger partial charge in [-0.15, -0.1) is 0 Å². The number of rotatable bonds is 6. The van der Waals surface area contributed by atoms with Crippen molar-refractivity contribution in [1.82, 2.24) is 0 Å². The Bertz CT molecular complexity index is 766. The van der Waals surface area contributed by atoms with Crippen molar-refractivity contribution in [1.29, 1.82) is 0 Å². The normalized spacial score (nSPS) is 38.7. The predicted molar refractivity (Wildman–Crippen MR) is 108 cm³/mol. The number of esters is 2. The fraction of sp³-hybridized carbons (Fsp3) is 0.667. The highest BCUT2D eigenvalue weighted by molar-refractivity contribution is 5.93. The van der Waals surface area contributed by atoms with Gasteiger partial charge in [0.15, 0.2) is 0 Å². The Balaban J connectivity index is 1.06. The smallest absolute Gasteiger partial charge is 0.338 e. The number of carbonyl (C=O) groups is 2. The van der Waals surface area contributed by atoms with Crippen LogP contribution in [0.25, 0.3) is 0 Å². The van der Waals surface area contributed by atoms with Crippen molar-refractivity contribution in [2.45, 2.75) is 75.8 Å². The third-order valence-electron chi connectivity index (χ3n) is 7.52. The van der Waals surface area contributed by atoms with Gasteiger partial charge in [0.1, 0.15) is 0 Å². The van der Waals surface area contributed by atoms with Gasteiger partial charge in [-0.3, -0.25) is 0 Å². The number of benzene rings is 1. The minimum atomic E-state index is -0.352. The summed E-state index contributed by atoms with van der Waals surface area (Å²) in [5.41, 5.74) is 1.06. The highest BCUT2D eigenvalue weighted by atomic mass is 16.6. The Morgan fingerprint density at radius 1 is 0.833 bits per heavy atom. The summed E-state index contributed by atoms with van der Waals surface area (Å²) in [5, 5.41) is 0. The maximum absolute atomic E-state index is 12.3. The number of hydrogen-bond donors (Lipinski definition) is 0. The number of carbonyl (C=O) groups excluding carboxylic acids is 2. The van der Waals surface area contributed by atoms with Crippen molar-refractivity contribution in [3.63, 3.8) is 0 Å². The minimum absolute atomic E-state index is 0.0776. The van der Waals surface area contributed by atoms with Crippen molar-refractivity contribution in [3.05, 3.63) is 35.4 Å². The lowest BCUT2D eigenvalue weighted by Crippen LogP contribution is -2.25. The minimum Gasteiger partial charge on any atom is -0.462 e. The summed E-state index contributed by atoms with van der Waals surface area (Å²) in [5.74, 6) is 0.0225. The Kier molecular flexibility index (Phi) is 4.90. The molecule has 0 spiro atoms. The first kappa shape index (κ1) is 20.0. The summed E-state index contributed by atoms with van der Waals surface area (Å²) < 4.78 is 22.4. The molecule has 6 atom stereocenters. The van der Waals surface area contributed by atoms with Crippen molar-refractivity contribution < 1.29 is 28.5 Å². The second-order valence-electron chi connectivity index (χ2n) is 9.89. The van der Waals surface area contributed by atoms with Crippen LogP contribution in [0.5, 0.6) is 0 Å². The molecule has 0 amide bonds. The molecule has 0 aromatic heterocycles. The van der Waals surface area contributed by atoms with E-state index in [-0.39, 0.29) is 23.1 Å². The van der Waals surface area contributed by atoms with E-state index in [9.17, 15) is 9.59 Å². The standard InChI is InChI=1S/C24H30O6/c1-23-9-7-15(11-19(23)29-23)13-27-21(25)17-3-5-18(6-4-17)22(26)28-14-16-8-10-24(2)20(12-16)30-24/h3-6,15-16,19-20H,7-14H2,1-2H3. The lowest BCUT2D eigenvalue weighted by atomic mass is 9.83.